The van der Waals surface area contributed by atoms with Gasteiger partial charge in [0.15, 0.2) is 0 Å². The number of likely N-dealkylation sites (tertiary alicyclic amines) is 1. The number of hydrogen-bond acceptors (Lipinski definition) is 6. The molecule has 1 aliphatic heterocycles. The fourth-order valence-electron chi connectivity index (χ4n) is 4.37. The SMILES string of the molecule is O=C(NCc1cccc(Cn2ccnc2)c1)C1CCN(Cc2nc(-c3cccc(Br)c3)no2)CC1. The lowest BCUT2D eigenvalue weighted by Crippen LogP contribution is -2.40. The molecule has 35 heavy (non-hydrogen) atoms. The van der Waals surface area contributed by atoms with Crippen molar-refractivity contribution >= 4 is 21.8 Å². The van der Waals surface area contributed by atoms with Crippen molar-refractivity contribution in [2.24, 2.45) is 5.92 Å². The smallest absolute Gasteiger partial charge is 0.241 e. The van der Waals surface area contributed by atoms with E-state index in [-0.39, 0.29) is 11.8 Å². The zero-order valence-corrected chi connectivity index (χ0v) is 20.9. The van der Waals surface area contributed by atoms with Crippen LogP contribution in [0.2, 0.25) is 0 Å². The van der Waals surface area contributed by atoms with Gasteiger partial charge in [-0.2, -0.15) is 4.98 Å². The Morgan fingerprint density at radius 1 is 1.09 bits per heavy atom. The van der Waals surface area contributed by atoms with Crippen LogP contribution in [0.5, 0.6) is 0 Å². The van der Waals surface area contributed by atoms with Crippen LogP contribution in [0.1, 0.15) is 29.9 Å². The molecule has 3 heterocycles. The van der Waals surface area contributed by atoms with Crippen LogP contribution >= 0.6 is 15.9 Å². The minimum absolute atomic E-state index is 0.0281. The van der Waals surface area contributed by atoms with Crippen molar-refractivity contribution in [2.75, 3.05) is 13.1 Å². The minimum atomic E-state index is 0.0281. The molecular formula is C26H27BrN6O2. The summed E-state index contributed by atoms with van der Waals surface area (Å²) in [4.78, 5) is 23.7. The summed E-state index contributed by atoms with van der Waals surface area (Å²) in [5.41, 5.74) is 3.20. The molecule has 2 aromatic heterocycles. The van der Waals surface area contributed by atoms with Gasteiger partial charge in [0, 0.05) is 41.4 Å². The first kappa shape index (κ1) is 23.4. The highest BCUT2D eigenvalue weighted by atomic mass is 79.9. The second kappa shape index (κ2) is 11.0. The molecule has 0 spiro atoms. The Kier molecular flexibility index (Phi) is 7.34. The Morgan fingerprint density at radius 2 is 1.91 bits per heavy atom. The van der Waals surface area contributed by atoms with Crippen molar-refractivity contribution in [2.45, 2.75) is 32.5 Å². The van der Waals surface area contributed by atoms with Gasteiger partial charge in [-0.3, -0.25) is 9.69 Å². The first-order valence-corrected chi connectivity index (χ1v) is 12.5. The summed E-state index contributed by atoms with van der Waals surface area (Å²) >= 11 is 3.47. The van der Waals surface area contributed by atoms with Crippen molar-refractivity contribution in [3.8, 4) is 11.4 Å². The zero-order chi connectivity index (χ0) is 24.0. The second-order valence-electron chi connectivity index (χ2n) is 8.85. The van der Waals surface area contributed by atoms with Crippen LogP contribution in [0.15, 0.2) is 76.2 Å². The molecule has 1 aliphatic rings. The van der Waals surface area contributed by atoms with E-state index in [2.05, 4.69) is 53.4 Å². The first-order chi connectivity index (χ1) is 17.1. The minimum Gasteiger partial charge on any atom is -0.352 e. The molecule has 1 N–H and O–H groups in total. The standard InChI is InChI=1S/C26H27BrN6O2/c27-23-6-2-5-22(14-23)25-30-24(35-31-25)17-32-10-7-21(8-11-32)26(34)29-15-19-3-1-4-20(13-19)16-33-12-9-28-18-33/h1-6,9,12-14,18,21H,7-8,10-11,15-17H2,(H,29,34). The number of piperidine rings is 1. The number of imidazole rings is 1. The average molecular weight is 535 g/mol. The van der Waals surface area contributed by atoms with Gasteiger partial charge in [0.2, 0.25) is 17.6 Å². The maximum Gasteiger partial charge on any atom is 0.241 e. The molecule has 0 radical (unpaired) electrons. The molecule has 8 nitrogen and oxygen atoms in total. The highest BCUT2D eigenvalue weighted by Crippen LogP contribution is 2.22. The number of carbonyl (C=O) groups is 1. The molecule has 1 saturated heterocycles. The number of amides is 1. The zero-order valence-electron chi connectivity index (χ0n) is 19.3. The predicted molar refractivity (Wildman–Crippen MR) is 135 cm³/mol. The van der Waals surface area contributed by atoms with E-state index in [0.29, 0.717) is 24.8 Å². The van der Waals surface area contributed by atoms with Gasteiger partial charge in [-0.05, 0) is 49.2 Å². The fourth-order valence-corrected chi connectivity index (χ4v) is 4.77. The molecular weight excluding hydrogens is 508 g/mol. The molecule has 1 fully saturated rings. The molecule has 0 saturated carbocycles. The average Bonchev–Trinajstić information content (AvgIpc) is 3.56. The Labute approximate surface area is 212 Å². The molecule has 5 rings (SSSR count). The van der Waals surface area contributed by atoms with Gasteiger partial charge in [-0.15, -0.1) is 0 Å². The van der Waals surface area contributed by atoms with Gasteiger partial charge >= 0.3 is 0 Å². The number of hydrogen-bond donors (Lipinski definition) is 1. The van der Waals surface area contributed by atoms with Gasteiger partial charge in [0.25, 0.3) is 0 Å². The van der Waals surface area contributed by atoms with Gasteiger partial charge < -0.3 is 14.4 Å². The van der Waals surface area contributed by atoms with E-state index in [1.165, 1.54) is 5.56 Å². The quantitative estimate of drug-likeness (QED) is 0.363. The van der Waals surface area contributed by atoms with Crippen molar-refractivity contribution in [1.82, 2.24) is 29.9 Å². The van der Waals surface area contributed by atoms with Gasteiger partial charge in [-0.25, -0.2) is 4.98 Å². The number of benzene rings is 2. The van der Waals surface area contributed by atoms with Crippen LogP contribution in [0.3, 0.4) is 0 Å². The Morgan fingerprint density at radius 3 is 2.71 bits per heavy atom. The molecule has 2 aromatic carbocycles. The van der Waals surface area contributed by atoms with E-state index in [0.717, 1.165) is 48.1 Å². The molecule has 1 amide bonds. The maximum atomic E-state index is 12.8. The third-order valence-electron chi connectivity index (χ3n) is 6.25. The van der Waals surface area contributed by atoms with E-state index in [4.69, 9.17) is 4.52 Å². The summed E-state index contributed by atoms with van der Waals surface area (Å²) in [5, 5.41) is 7.24. The van der Waals surface area contributed by atoms with Crippen LogP contribution in [-0.2, 0) is 24.4 Å². The highest BCUT2D eigenvalue weighted by molar-refractivity contribution is 9.10. The number of aromatic nitrogens is 4. The predicted octanol–water partition coefficient (Wildman–Crippen LogP) is 4.27. The van der Waals surface area contributed by atoms with Gasteiger partial charge in [-0.1, -0.05) is 57.5 Å². The summed E-state index contributed by atoms with van der Waals surface area (Å²) in [6, 6.07) is 16.1. The molecule has 0 aliphatic carbocycles. The second-order valence-corrected chi connectivity index (χ2v) is 9.76. The lowest BCUT2D eigenvalue weighted by Gasteiger charge is -2.30. The van der Waals surface area contributed by atoms with Gasteiger partial charge in [0.05, 0.1) is 12.9 Å². The molecule has 0 unspecified atom stereocenters. The van der Waals surface area contributed by atoms with E-state index in [9.17, 15) is 4.79 Å². The Hall–Kier alpha value is -3.30. The Balaban J connectivity index is 1.08. The maximum absolute atomic E-state index is 12.8. The van der Waals surface area contributed by atoms with Crippen molar-refractivity contribution in [1.29, 1.82) is 0 Å². The fraction of sp³-hybridized carbons (Fsp3) is 0.308. The number of carbonyl (C=O) groups excluding carboxylic acids is 1. The largest absolute Gasteiger partial charge is 0.352 e. The van der Waals surface area contributed by atoms with E-state index in [1.807, 2.05) is 47.2 Å². The van der Waals surface area contributed by atoms with Crippen LogP contribution in [-0.4, -0.2) is 43.6 Å². The van der Waals surface area contributed by atoms with Crippen LogP contribution < -0.4 is 5.32 Å². The third-order valence-corrected chi connectivity index (χ3v) is 6.74. The lowest BCUT2D eigenvalue weighted by molar-refractivity contribution is -0.126. The van der Waals surface area contributed by atoms with Crippen molar-refractivity contribution in [3.05, 3.63) is 88.7 Å². The topological polar surface area (TPSA) is 89.1 Å². The van der Waals surface area contributed by atoms with Crippen LogP contribution in [0.25, 0.3) is 11.4 Å². The number of nitrogens with one attached hydrogen (secondary N) is 1. The van der Waals surface area contributed by atoms with Crippen molar-refractivity contribution in [3.63, 3.8) is 0 Å². The summed E-state index contributed by atoms with van der Waals surface area (Å²) in [5.74, 6) is 1.34. The van der Waals surface area contributed by atoms with E-state index < -0.39 is 0 Å². The molecule has 0 atom stereocenters. The molecule has 0 bridgehead atoms. The number of halogens is 1. The summed E-state index contributed by atoms with van der Waals surface area (Å²) in [6.07, 6.45) is 7.16. The summed E-state index contributed by atoms with van der Waals surface area (Å²) in [6.45, 7) is 3.56. The summed E-state index contributed by atoms with van der Waals surface area (Å²) in [7, 11) is 0. The van der Waals surface area contributed by atoms with E-state index >= 15 is 0 Å². The van der Waals surface area contributed by atoms with Crippen LogP contribution in [0.4, 0.5) is 0 Å². The number of nitrogens with zero attached hydrogens (tertiary/aromatic N) is 5. The Bertz CT molecular complexity index is 1260. The number of rotatable bonds is 8. The lowest BCUT2D eigenvalue weighted by atomic mass is 9.96. The molecule has 4 aromatic rings. The van der Waals surface area contributed by atoms with E-state index in [1.54, 1.807) is 12.5 Å². The molecule has 9 heteroatoms. The normalized spacial score (nSPS) is 14.8. The van der Waals surface area contributed by atoms with Crippen LogP contribution in [0, 0.1) is 5.92 Å². The van der Waals surface area contributed by atoms with Crippen molar-refractivity contribution < 1.29 is 9.32 Å². The summed E-state index contributed by atoms with van der Waals surface area (Å²) < 4.78 is 8.47. The monoisotopic (exact) mass is 534 g/mol. The first-order valence-electron chi connectivity index (χ1n) is 11.7. The molecule has 180 valence electrons. The third kappa shape index (κ3) is 6.23. The van der Waals surface area contributed by atoms with Gasteiger partial charge in [0.1, 0.15) is 0 Å². The highest BCUT2D eigenvalue weighted by Gasteiger charge is 2.26.